The summed E-state index contributed by atoms with van der Waals surface area (Å²) in [5, 5.41) is 9.87. The summed E-state index contributed by atoms with van der Waals surface area (Å²) in [6.45, 7) is 6.45. The van der Waals surface area contributed by atoms with Crippen LogP contribution in [-0.4, -0.2) is 11.2 Å². The van der Waals surface area contributed by atoms with Crippen LogP contribution in [0.2, 0.25) is 5.02 Å². The largest absolute Gasteiger partial charge is 0.359 e. The molecule has 0 unspecified atom stereocenters. The van der Waals surface area contributed by atoms with Crippen molar-refractivity contribution in [3.63, 3.8) is 0 Å². The Labute approximate surface area is 128 Å². The first-order valence-electron chi connectivity index (χ1n) is 6.61. The van der Waals surface area contributed by atoms with Crippen LogP contribution in [0.1, 0.15) is 32.1 Å². The van der Waals surface area contributed by atoms with Crippen molar-refractivity contribution < 1.29 is 9.32 Å². The van der Waals surface area contributed by atoms with Gasteiger partial charge >= 0.3 is 6.03 Å². The van der Waals surface area contributed by atoms with Crippen LogP contribution < -0.4 is 10.6 Å². The maximum atomic E-state index is 11.8. The van der Waals surface area contributed by atoms with E-state index in [4.69, 9.17) is 16.1 Å². The molecule has 0 atom stereocenters. The van der Waals surface area contributed by atoms with Gasteiger partial charge in [0.1, 0.15) is 5.76 Å². The Kier molecular flexibility index (Phi) is 4.53. The fourth-order valence-electron chi connectivity index (χ4n) is 1.63. The zero-order chi connectivity index (χ0) is 15.5. The molecule has 0 saturated heterocycles. The second kappa shape index (κ2) is 6.18. The van der Waals surface area contributed by atoms with Crippen LogP contribution in [0.3, 0.4) is 0 Å². The van der Waals surface area contributed by atoms with E-state index in [-0.39, 0.29) is 11.4 Å². The summed E-state index contributed by atoms with van der Waals surface area (Å²) in [6, 6.07) is 8.67. The number of amides is 2. The zero-order valence-corrected chi connectivity index (χ0v) is 13.0. The number of halogens is 1. The molecule has 1 heterocycles. The smallest absolute Gasteiger partial charge is 0.320 e. The molecule has 2 N–H and O–H groups in total. The number of urea groups is 1. The highest BCUT2D eigenvalue weighted by Crippen LogP contribution is 2.24. The number of hydrogen-bond acceptors (Lipinski definition) is 3. The molecule has 6 heteroatoms. The van der Waals surface area contributed by atoms with Gasteiger partial charge in [-0.1, -0.05) is 49.7 Å². The first kappa shape index (κ1) is 15.4. The Morgan fingerprint density at radius 2 is 1.95 bits per heavy atom. The van der Waals surface area contributed by atoms with Gasteiger partial charge < -0.3 is 9.84 Å². The van der Waals surface area contributed by atoms with Crippen molar-refractivity contribution in [3.05, 3.63) is 46.7 Å². The lowest BCUT2D eigenvalue weighted by atomic mass is 9.93. The molecule has 0 radical (unpaired) electrons. The number of nitrogens with one attached hydrogen (secondary N) is 2. The number of aromatic nitrogens is 1. The third kappa shape index (κ3) is 4.49. The minimum Gasteiger partial charge on any atom is -0.359 e. The van der Waals surface area contributed by atoms with Crippen LogP contribution >= 0.6 is 11.6 Å². The summed E-state index contributed by atoms with van der Waals surface area (Å²) in [5.74, 6) is 1.11. The van der Waals surface area contributed by atoms with Gasteiger partial charge in [0.15, 0.2) is 5.82 Å². The molecule has 0 spiro atoms. The third-order valence-corrected chi connectivity index (χ3v) is 3.11. The number of carbonyl (C=O) groups is 1. The van der Waals surface area contributed by atoms with E-state index in [0.29, 0.717) is 17.4 Å². The molecule has 21 heavy (non-hydrogen) atoms. The van der Waals surface area contributed by atoms with Crippen LogP contribution in [0.25, 0.3) is 0 Å². The number of carbonyl (C=O) groups excluding carboxylic acids is 1. The van der Waals surface area contributed by atoms with Crippen molar-refractivity contribution in [3.8, 4) is 0 Å². The van der Waals surface area contributed by atoms with E-state index in [1.54, 1.807) is 18.2 Å². The predicted octanol–water partition coefficient (Wildman–Crippen LogP) is 3.95. The zero-order valence-electron chi connectivity index (χ0n) is 12.2. The van der Waals surface area contributed by atoms with Crippen LogP contribution in [0.4, 0.5) is 10.6 Å². The number of hydrogen-bond donors (Lipinski definition) is 2. The standard InChI is InChI=1S/C15H18ClN3O2/c1-15(2,3)12-8-13(19-21-12)18-14(20)17-9-10-4-6-11(16)7-5-10/h4-8H,9H2,1-3H3,(H2,17,18,19,20). The van der Waals surface area contributed by atoms with Crippen LogP contribution in [-0.2, 0) is 12.0 Å². The minimum atomic E-state index is -0.335. The molecule has 0 aliphatic heterocycles. The Morgan fingerprint density at radius 3 is 2.52 bits per heavy atom. The molecule has 2 rings (SSSR count). The van der Waals surface area contributed by atoms with Gasteiger partial charge in [-0.3, -0.25) is 5.32 Å². The molecular weight excluding hydrogens is 290 g/mol. The summed E-state index contributed by atoms with van der Waals surface area (Å²) in [5.41, 5.74) is 0.817. The monoisotopic (exact) mass is 307 g/mol. The first-order valence-corrected chi connectivity index (χ1v) is 6.99. The van der Waals surface area contributed by atoms with Gasteiger partial charge in [-0.05, 0) is 17.7 Å². The van der Waals surface area contributed by atoms with Crippen LogP contribution in [0.5, 0.6) is 0 Å². The Balaban J connectivity index is 1.87. The normalized spacial score (nSPS) is 11.2. The number of benzene rings is 1. The van der Waals surface area contributed by atoms with Gasteiger partial charge in [-0.25, -0.2) is 4.79 Å². The van der Waals surface area contributed by atoms with Gasteiger partial charge in [0, 0.05) is 23.0 Å². The summed E-state index contributed by atoms with van der Waals surface area (Å²) in [7, 11) is 0. The topological polar surface area (TPSA) is 67.2 Å². The Morgan fingerprint density at radius 1 is 1.29 bits per heavy atom. The van der Waals surface area contributed by atoms with E-state index in [0.717, 1.165) is 11.3 Å². The van der Waals surface area contributed by atoms with E-state index >= 15 is 0 Å². The van der Waals surface area contributed by atoms with E-state index in [1.165, 1.54) is 0 Å². The number of nitrogens with zero attached hydrogens (tertiary/aromatic N) is 1. The second-order valence-corrected chi connectivity index (χ2v) is 6.20. The first-order chi connectivity index (χ1) is 9.84. The van der Waals surface area contributed by atoms with Gasteiger partial charge in [0.2, 0.25) is 0 Å². The summed E-state index contributed by atoms with van der Waals surface area (Å²) in [4.78, 5) is 11.8. The molecular formula is C15H18ClN3O2. The van der Waals surface area contributed by atoms with E-state index in [9.17, 15) is 4.79 Å². The van der Waals surface area contributed by atoms with Crippen LogP contribution in [0.15, 0.2) is 34.9 Å². The maximum Gasteiger partial charge on any atom is 0.320 e. The number of rotatable bonds is 3. The molecule has 0 aliphatic carbocycles. The number of anilines is 1. The second-order valence-electron chi connectivity index (χ2n) is 5.76. The lowest BCUT2D eigenvalue weighted by Crippen LogP contribution is -2.28. The fourth-order valence-corrected chi connectivity index (χ4v) is 1.76. The van der Waals surface area contributed by atoms with Crippen molar-refractivity contribution in [2.24, 2.45) is 0 Å². The highest BCUT2D eigenvalue weighted by Gasteiger charge is 2.20. The quantitative estimate of drug-likeness (QED) is 0.902. The molecule has 1 aromatic carbocycles. The summed E-state index contributed by atoms with van der Waals surface area (Å²) in [6.07, 6.45) is 0. The molecule has 112 valence electrons. The molecule has 5 nitrogen and oxygen atoms in total. The van der Waals surface area contributed by atoms with Gasteiger partial charge in [-0.2, -0.15) is 0 Å². The SMILES string of the molecule is CC(C)(C)c1cc(NC(=O)NCc2ccc(Cl)cc2)no1. The highest BCUT2D eigenvalue weighted by molar-refractivity contribution is 6.30. The van der Waals surface area contributed by atoms with Gasteiger partial charge in [0.25, 0.3) is 0 Å². The molecule has 1 aromatic heterocycles. The molecule has 0 fully saturated rings. The highest BCUT2D eigenvalue weighted by atomic mass is 35.5. The Hall–Kier alpha value is -2.01. The fraction of sp³-hybridized carbons (Fsp3) is 0.333. The molecule has 2 amide bonds. The van der Waals surface area contributed by atoms with Crippen LogP contribution in [0, 0.1) is 0 Å². The molecule has 0 bridgehead atoms. The Bertz CT molecular complexity index is 615. The van der Waals surface area contributed by atoms with E-state index < -0.39 is 0 Å². The third-order valence-electron chi connectivity index (χ3n) is 2.86. The molecule has 0 aliphatic rings. The van der Waals surface area contributed by atoms with Crippen molar-refractivity contribution in [1.82, 2.24) is 10.5 Å². The maximum absolute atomic E-state index is 11.8. The summed E-state index contributed by atoms with van der Waals surface area (Å²) < 4.78 is 5.20. The lowest BCUT2D eigenvalue weighted by Gasteiger charge is -2.12. The van der Waals surface area contributed by atoms with Crippen molar-refractivity contribution in [2.45, 2.75) is 32.7 Å². The van der Waals surface area contributed by atoms with Crippen molar-refractivity contribution >= 4 is 23.4 Å². The average molecular weight is 308 g/mol. The average Bonchev–Trinajstić information content (AvgIpc) is 2.86. The molecule has 2 aromatic rings. The van der Waals surface area contributed by atoms with E-state index in [2.05, 4.69) is 15.8 Å². The van der Waals surface area contributed by atoms with Crippen molar-refractivity contribution in [1.29, 1.82) is 0 Å². The minimum absolute atomic E-state index is 0.146. The lowest BCUT2D eigenvalue weighted by molar-refractivity contribution is 0.251. The summed E-state index contributed by atoms with van der Waals surface area (Å²) >= 11 is 5.80. The van der Waals surface area contributed by atoms with E-state index in [1.807, 2.05) is 32.9 Å². The predicted molar refractivity (Wildman–Crippen MR) is 82.5 cm³/mol. The van der Waals surface area contributed by atoms with Gasteiger partial charge in [-0.15, -0.1) is 0 Å². The van der Waals surface area contributed by atoms with Gasteiger partial charge in [0.05, 0.1) is 0 Å². The molecule has 0 saturated carbocycles. The van der Waals surface area contributed by atoms with Crippen molar-refractivity contribution in [2.75, 3.05) is 5.32 Å².